The van der Waals surface area contributed by atoms with Crippen LogP contribution in [0.25, 0.3) is 22.2 Å². The van der Waals surface area contributed by atoms with E-state index in [9.17, 15) is 4.79 Å². The number of rotatable bonds is 5. The molecule has 26 heavy (non-hydrogen) atoms. The number of hydrogen-bond acceptors (Lipinski definition) is 5. The van der Waals surface area contributed by atoms with E-state index < -0.39 is 0 Å². The Labute approximate surface area is 154 Å². The molecule has 0 spiro atoms. The third-order valence-electron chi connectivity index (χ3n) is 4.21. The summed E-state index contributed by atoms with van der Waals surface area (Å²) in [5, 5.41) is 7.15. The maximum atomic E-state index is 12.3. The Hall–Kier alpha value is -3.06. The number of carbonyl (C=O) groups excluding carboxylic acids is 1. The van der Waals surface area contributed by atoms with Gasteiger partial charge in [-0.15, -0.1) is 0 Å². The predicted molar refractivity (Wildman–Crippen MR) is 102 cm³/mol. The van der Waals surface area contributed by atoms with Crippen molar-refractivity contribution >= 4 is 28.7 Å². The quantitative estimate of drug-likeness (QED) is 0.591. The number of amides is 1. The van der Waals surface area contributed by atoms with Gasteiger partial charge in [-0.1, -0.05) is 24.3 Å². The van der Waals surface area contributed by atoms with Gasteiger partial charge in [0.25, 0.3) is 5.91 Å². The minimum atomic E-state index is -0.0909. The molecule has 1 N–H and O–H groups in total. The van der Waals surface area contributed by atoms with E-state index in [2.05, 4.69) is 43.4 Å². The van der Waals surface area contributed by atoms with Crippen LogP contribution in [0.1, 0.15) is 15.9 Å². The molecule has 0 unspecified atom stereocenters. The molecule has 2 aromatic carbocycles. The molecule has 0 aliphatic rings. The summed E-state index contributed by atoms with van der Waals surface area (Å²) >= 11 is 1.15. The summed E-state index contributed by atoms with van der Waals surface area (Å²) < 4.78 is 10.1. The standard InChI is InChI=1S/C19H17N5OS/c1-24-12-16(11-21-24)14-4-2-13(3-5-14)8-9-20-19(25)15-6-7-17-18(10-15)23-26-22-17/h2-7,10-12H,8-9H2,1H3,(H,20,25). The van der Waals surface area contributed by atoms with Crippen LogP contribution < -0.4 is 5.32 Å². The normalized spacial score (nSPS) is 11.0. The molecule has 0 aliphatic heterocycles. The molecule has 0 aliphatic carbocycles. The molecule has 0 bridgehead atoms. The first kappa shape index (κ1) is 16.4. The lowest BCUT2D eigenvalue weighted by Crippen LogP contribution is -2.25. The summed E-state index contributed by atoms with van der Waals surface area (Å²) in [6.07, 6.45) is 4.62. The Kier molecular flexibility index (Phi) is 4.45. The van der Waals surface area contributed by atoms with Crippen LogP contribution in [0.5, 0.6) is 0 Å². The smallest absolute Gasteiger partial charge is 0.251 e. The van der Waals surface area contributed by atoms with Gasteiger partial charge in [0.2, 0.25) is 0 Å². The molecule has 0 fully saturated rings. The second-order valence-corrected chi connectivity index (χ2v) is 6.60. The van der Waals surface area contributed by atoms with Gasteiger partial charge in [-0.3, -0.25) is 9.48 Å². The average molecular weight is 363 g/mol. The van der Waals surface area contributed by atoms with E-state index in [4.69, 9.17) is 0 Å². The summed E-state index contributed by atoms with van der Waals surface area (Å²) in [5.74, 6) is -0.0909. The molecule has 4 aromatic rings. The van der Waals surface area contributed by atoms with Gasteiger partial charge >= 0.3 is 0 Å². The lowest BCUT2D eigenvalue weighted by Gasteiger charge is -2.06. The van der Waals surface area contributed by atoms with Gasteiger partial charge in [0.15, 0.2) is 0 Å². The molecular formula is C19H17N5OS. The van der Waals surface area contributed by atoms with Crippen molar-refractivity contribution < 1.29 is 4.79 Å². The highest BCUT2D eigenvalue weighted by Crippen LogP contribution is 2.19. The first-order valence-corrected chi connectivity index (χ1v) is 9.00. The van der Waals surface area contributed by atoms with Crippen molar-refractivity contribution in [2.45, 2.75) is 6.42 Å². The van der Waals surface area contributed by atoms with E-state index in [1.165, 1.54) is 5.56 Å². The van der Waals surface area contributed by atoms with Gasteiger partial charge in [-0.05, 0) is 35.7 Å². The largest absolute Gasteiger partial charge is 0.352 e. The Morgan fingerprint density at radius 2 is 1.88 bits per heavy atom. The van der Waals surface area contributed by atoms with Crippen molar-refractivity contribution in [3.05, 3.63) is 66.0 Å². The van der Waals surface area contributed by atoms with Crippen molar-refractivity contribution in [2.24, 2.45) is 7.05 Å². The molecule has 4 rings (SSSR count). The van der Waals surface area contributed by atoms with Crippen LogP contribution in [-0.2, 0) is 13.5 Å². The van der Waals surface area contributed by atoms with Crippen LogP contribution in [0.4, 0.5) is 0 Å². The number of benzene rings is 2. The van der Waals surface area contributed by atoms with Crippen LogP contribution >= 0.6 is 11.7 Å². The van der Waals surface area contributed by atoms with E-state index in [1.54, 1.807) is 16.8 Å². The molecule has 2 heterocycles. The van der Waals surface area contributed by atoms with Crippen LogP contribution in [0, 0.1) is 0 Å². The number of fused-ring (bicyclic) bond motifs is 1. The lowest BCUT2D eigenvalue weighted by atomic mass is 10.1. The summed E-state index contributed by atoms with van der Waals surface area (Å²) in [4.78, 5) is 12.3. The van der Waals surface area contributed by atoms with Crippen LogP contribution in [0.15, 0.2) is 54.9 Å². The zero-order valence-electron chi connectivity index (χ0n) is 14.2. The number of hydrogen-bond donors (Lipinski definition) is 1. The van der Waals surface area contributed by atoms with E-state index >= 15 is 0 Å². The van der Waals surface area contributed by atoms with Crippen LogP contribution in [-0.4, -0.2) is 31.0 Å². The second-order valence-electron chi connectivity index (χ2n) is 6.07. The molecule has 0 saturated carbocycles. The molecule has 0 radical (unpaired) electrons. The second kappa shape index (κ2) is 7.05. The van der Waals surface area contributed by atoms with Crippen LogP contribution in [0.3, 0.4) is 0 Å². The summed E-state index contributed by atoms with van der Waals surface area (Å²) in [7, 11) is 1.91. The van der Waals surface area contributed by atoms with E-state index in [0.717, 1.165) is 40.3 Å². The summed E-state index contributed by atoms with van der Waals surface area (Å²) in [6, 6.07) is 13.7. The Bertz CT molecular complexity index is 1050. The van der Waals surface area contributed by atoms with Gasteiger partial charge < -0.3 is 5.32 Å². The molecular weight excluding hydrogens is 346 g/mol. The maximum absolute atomic E-state index is 12.3. The molecule has 2 aromatic heterocycles. The minimum Gasteiger partial charge on any atom is -0.352 e. The van der Waals surface area contributed by atoms with Crippen molar-refractivity contribution in [1.29, 1.82) is 0 Å². The molecule has 0 atom stereocenters. The summed E-state index contributed by atoms with van der Waals surface area (Å²) in [6.45, 7) is 0.582. The number of carbonyl (C=O) groups is 1. The third-order valence-corrected chi connectivity index (χ3v) is 4.76. The topological polar surface area (TPSA) is 72.7 Å². The van der Waals surface area contributed by atoms with Gasteiger partial charge in [0.05, 0.1) is 17.9 Å². The number of nitrogens with zero attached hydrogens (tertiary/aromatic N) is 4. The molecule has 6 nitrogen and oxygen atoms in total. The number of aromatic nitrogens is 4. The molecule has 1 amide bonds. The van der Waals surface area contributed by atoms with Crippen molar-refractivity contribution in [1.82, 2.24) is 23.8 Å². The van der Waals surface area contributed by atoms with E-state index in [1.807, 2.05) is 25.5 Å². The van der Waals surface area contributed by atoms with E-state index in [0.29, 0.717) is 12.1 Å². The van der Waals surface area contributed by atoms with E-state index in [-0.39, 0.29) is 5.91 Å². The van der Waals surface area contributed by atoms with Gasteiger partial charge in [0, 0.05) is 30.9 Å². The van der Waals surface area contributed by atoms with Gasteiger partial charge in [0.1, 0.15) is 11.0 Å². The Morgan fingerprint density at radius 3 is 2.65 bits per heavy atom. The van der Waals surface area contributed by atoms with Gasteiger partial charge in [-0.25, -0.2) is 0 Å². The zero-order chi connectivity index (χ0) is 17.9. The fourth-order valence-corrected chi connectivity index (χ4v) is 3.30. The van der Waals surface area contributed by atoms with Crippen molar-refractivity contribution in [3.63, 3.8) is 0 Å². The zero-order valence-corrected chi connectivity index (χ0v) is 15.0. The third kappa shape index (κ3) is 3.48. The molecule has 0 saturated heterocycles. The lowest BCUT2D eigenvalue weighted by molar-refractivity contribution is 0.0954. The van der Waals surface area contributed by atoms with Crippen molar-refractivity contribution in [2.75, 3.05) is 6.54 Å². The van der Waals surface area contributed by atoms with Gasteiger partial charge in [-0.2, -0.15) is 13.8 Å². The molecule has 130 valence electrons. The highest BCUT2D eigenvalue weighted by molar-refractivity contribution is 7.00. The first-order valence-electron chi connectivity index (χ1n) is 8.27. The minimum absolute atomic E-state index is 0.0909. The highest BCUT2D eigenvalue weighted by atomic mass is 32.1. The van der Waals surface area contributed by atoms with Crippen molar-refractivity contribution in [3.8, 4) is 11.1 Å². The predicted octanol–water partition coefficient (Wildman–Crippen LogP) is 3.06. The fourth-order valence-electron chi connectivity index (χ4n) is 2.78. The summed E-state index contributed by atoms with van der Waals surface area (Å²) in [5.41, 5.74) is 5.60. The Balaban J connectivity index is 1.34. The highest BCUT2D eigenvalue weighted by Gasteiger charge is 2.08. The SMILES string of the molecule is Cn1cc(-c2ccc(CCNC(=O)c3ccc4nsnc4c3)cc2)cn1. The average Bonchev–Trinajstić information content (AvgIpc) is 3.30. The number of nitrogens with one attached hydrogen (secondary N) is 1. The Morgan fingerprint density at radius 1 is 1.08 bits per heavy atom. The monoisotopic (exact) mass is 363 g/mol. The maximum Gasteiger partial charge on any atom is 0.251 e. The van der Waals surface area contributed by atoms with Crippen LogP contribution in [0.2, 0.25) is 0 Å². The number of aryl methyl sites for hydroxylation is 1. The fraction of sp³-hybridized carbons (Fsp3) is 0.158. The molecule has 7 heteroatoms. The first-order chi connectivity index (χ1) is 12.7.